The van der Waals surface area contributed by atoms with Crippen LogP contribution in [0.4, 0.5) is 4.39 Å². The van der Waals surface area contributed by atoms with Crippen molar-refractivity contribution in [3.05, 3.63) is 82.6 Å². The Morgan fingerprint density at radius 3 is 2.40 bits per heavy atom. The predicted octanol–water partition coefficient (Wildman–Crippen LogP) is 6.02. The maximum absolute atomic E-state index is 13.1. The van der Waals surface area contributed by atoms with Crippen LogP contribution in [0.5, 0.6) is 0 Å². The molecule has 0 aromatic heterocycles. The van der Waals surface area contributed by atoms with Gasteiger partial charge >= 0.3 is 0 Å². The maximum Gasteiger partial charge on any atom is 0.264 e. The molecule has 1 heterocycles. The summed E-state index contributed by atoms with van der Waals surface area (Å²) < 4.78 is 42.8. The van der Waals surface area contributed by atoms with Crippen molar-refractivity contribution >= 4 is 38.3 Å². The van der Waals surface area contributed by atoms with Crippen molar-refractivity contribution < 1.29 is 21.8 Å². The van der Waals surface area contributed by atoms with Gasteiger partial charge in [-0.15, -0.1) is 0 Å². The van der Waals surface area contributed by atoms with Crippen molar-refractivity contribution in [2.75, 3.05) is 25.9 Å². The molecule has 35 heavy (non-hydrogen) atoms. The van der Waals surface area contributed by atoms with Crippen LogP contribution in [0, 0.1) is 11.7 Å². The monoisotopic (exact) mass is 517 g/mol. The normalized spacial score (nSPS) is 16.4. The van der Waals surface area contributed by atoms with Gasteiger partial charge in [-0.05, 0) is 104 Å². The number of Topliss-reactive ketones (excluding diaryl/α,β-unsaturated/α-hetero) is 1. The number of benzene rings is 3. The number of ketones is 1. The lowest BCUT2D eigenvalue weighted by atomic mass is 9.86. The highest BCUT2D eigenvalue weighted by Crippen LogP contribution is 2.36. The Labute approximate surface area is 211 Å². The molecule has 0 bridgehead atoms. The second-order valence-electron chi connectivity index (χ2n) is 9.18. The van der Waals surface area contributed by atoms with Gasteiger partial charge in [0.05, 0.1) is 6.26 Å². The van der Waals surface area contributed by atoms with Crippen molar-refractivity contribution in [1.29, 1.82) is 0 Å². The zero-order chi connectivity index (χ0) is 25.0. The summed E-state index contributed by atoms with van der Waals surface area (Å²) in [5.74, 6) is -0.277. The van der Waals surface area contributed by atoms with Gasteiger partial charge in [0.15, 0.2) is 5.78 Å². The highest BCUT2D eigenvalue weighted by atomic mass is 35.5. The Bertz CT molecular complexity index is 1290. The van der Waals surface area contributed by atoms with Crippen molar-refractivity contribution in [1.82, 2.24) is 4.90 Å². The molecule has 0 N–H and O–H groups in total. The van der Waals surface area contributed by atoms with Gasteiger partial charge in [0, 0.05) is 17.0 Å². The average Bonchev–Trinajstić information content (AvgIpc) is 2.82. The summed E-state index contributed by atoms with van der Waals surface area (Å²) in [7, 11) is -3.64. The number of carbonyl (C=O) groups excluding carboxylic acids is 1. The van der Waals surface area contributed by atoms with E-state index in [9.17, 15) is 17.6 Å². The first kappa shape index (κ1) is 25.8. The molecule has 3 aromatic carbocycles. The van der Waals surface area contributed by atoms with E-state index < -0.39 is 16.2 Å². The summed E-state index contributed by atoms with van der Waals surface area (Å²) in [6, 6.07) is 17.1. The van der Waals surface area contributed by atoms with Gasteiger partial charge in [-0.1, -0.05) is 29.8 Å². The van der Waals surface area contributed by atoms with Crippen LogP contribution in [-0.2, 0) is 14.3 Å². The summed E-state index contributed by atoms with van der Waals surface area (Å²) in [6.45, 7) is 2.40. The Morgan fingerprint density at radius 2 is 1.71 bits per heavy atom. The van der Waals surface area contributed by atoms with Crippen molar-refractivity contribution in [2.45, 2.75) is 31.8 Å². The standard InChI is InChI=1S/C27H29ClFNO4S/c1-35(32,33)34-27(23-5-4-22-18-24(28)9-6-21(22)17-23)20-12-15-30(16-13-20)14-2-3-26(31)19-7-10-25(29)11-8-19/h4-11,17-18,20,27H,2-3,12-16H2,1H3. The van der Waals surface area contributed by atoms with Gasteiger partial charge in [-0.2, -0.15) is 8.42 Å². The first-order valence-electron chi connectivity index (χ1n) is 11.8. The Balaban J connectivity index is 1.36. The number of piperidine rings is 1. The van der Waals surface area contributed by atoms with Crippen molar-refractivity contribution in [3.8, 4) is 0 Å². The molecule has 0 spiro atoms. The molecule has 1 atom stereocenters. The topological polar surface area (TPSA) is 63.7 Å². The first-order chi connectivity index (χ1) is 16.7. The van der Waals surface area contributed by atoms with Gasteiger partial charge in [0.25, 0.3) is 10.1 Å². The van der Waals surface area contributed by atoms with Gasteiger partial charge < -0.3 is 4.90 Å². The van der Waals surface area contributed by atoms with E-state index >= 15 is 0 Å². The molecular weight excluding hydrogens is 489 g/mol. The first-order valence-corrected chi connectivity index (χ1v) is 14.0. The number of nitrogens with zero attached hydrogens (tertiary/aromatic N) is 1. The predicted molar refractivity (Wildman–Crippen MR) is 137 cm³/mol. The van der Waals surface area contributed by atoms with Crippen LogP contribution in [0.1, 0.15) is 47.7 Å². The highest BCUT2D eigenvalue weighted by Gasteiger charge is 2.31. The second-order valence-corrected chi connectivity index (χ2v) is 11.2. The minimum atomic E-state index is -3.64. The van der Waals surface area contributed by atoms with Crippen LogP contribution < -0.4 is 0 Å². The number of likely N-dealkylation sites (tertiary alicyclic amines) is 1. The molecule has 0 saturated carbocycles. The van der Waals surface area contributed by atoms with Gasteiger partial charge in [0.1, 0.15) is 11.9 Å². The maximum atomic E-state index is 13.1. The van der Waals surface area contributed by atoms with Crippen LogP contribution in [-0.4, -0.2) is 45.0 Å². The van der Waals surface area contributed by atoms with Gasteiger partial charge in [-0.25, -0.2) is 4.39 Å². The minimum Gasteiger partial charge on any atom is -0.303 e. The van der Waals surface area contributed by atoms with E-state index in [1.807, 2.05) is 36.4 Å². The molecule has 0 amide bonds. The third kappa shape index (κ3) is 7.10. The third-order valence-corrected chi connectivity index (χ3v) is 7.33. The highest BCUT2D eigenvalue weighted by molar-refractivity contribution is 7.86. The van der Waals surface area contributed by atoms with Crippen LogP contribution >= 0.6 is 11.6 Å². The number of halogens is 2. The van der Waals surface area contributed by atoms with Gasteiger partial charge in [-0.3, -0.25) is 8.98 Å². The number of hydrogen-bond acceptors (Lipinski definition) is 5. The number of hydrogen-bond donors (Lipinski definition) is 0. The van der Waals surface area contributed by atoms with Crippen LogP contribution in [0.15, 0.2) is 60.7 Å². The molecule has 1 fully saturated rings. The van der Waals surface area contributed by atoms with Crippen LogP contribution in [0.2, 0.25) is 5.02 Å². The lowest BCUT2D eigenvalue weighted by Crippen LogP contribution is -2.37. The van der Waals surface area contributed by atoms with E-state index in [-0.39, 0.29) is 17.5 Å². The molecule has 1 aliphatic rings. The van der Waals surface area contributed by atoms with E-state index in [1.54, 1.807) is 0 Å². The fourth-order valence-corrected chi connectivity index (χ4v) is 5.55. The van der Waals surface area contributed by atoms with Crippen molar-refractivity contribution in [3.63, 3.8) is 0 Å². The third-order valence-electron chi connectivity index (χ3n) is 6.54. The SMILES string of the molecule is CS(=O)(=O)OC(c1ccc2cc(Cl)ccc2c1)C1CCN(CCCC(=O)c2ccc(F)cc2)CC1. The fraction of sp³-hybridized carbons (Fsp3) is 0.370. The molecule has 0 aliphatic carbocycles. The molecule has 5 nitrogen and oxygen atoms in total. The fourth-order valence-electron chi connectivity index (χ4n) is 4.73. The van der Waals surface area contributed by atoms with E-state index in [1.165, 1.54) is 24.3 Å². The Morgan fingerprint density at radius 1 is 1.06 bits per heavy atom. The quantitative estimate of drug-likeness (QED) is 0.256. The molecule has 3 aromatic rings. The summed E-state index contributed by atoms with van der Waals surface area (Å²) in [5.41, 5.74) is 1.37. The van der Waals surface area contributed by atoms with Crippen LogP contribution in [0.25, 0.3) is 10.8 Å². The van der Waals surface area contributed by atoms with E-state index in [0.717, 1.165) is 61.5 Å². The molecule has 1 aliphatic heterocycles. The largest absolute Gasteiger partial charge is 0.303 e. The summed E-state index contributed by atoms with van der Waals surface area (Å²) in [4.78, 5) is 14.6. The Kier molecular flexibility index (Phi) is 8.22. The number of fused-ring (bicyclic) bond motifs is 1. The van der Waals surface area contributed by atoms with E-state index in [4.69, 9.17) is 15.8 Å². The molecule has 186 valence electrons. The van der Waals surface area contributed by atoms with E-state index in [0.29, 0.717) is 17.0 Å². The summed E-state index contributed by atoms with van der Waals surface area (Å²) in [5, 5.41) is 2.63. The number of carbonyl (C=O) groups is 1. The van der Waals surface area contributed by atoms with Gasteiger partial charge in [0.2, 0.25) is 0 Å². The number of rotatable bonds is 9. The lowest BCUT2D eigenvalue weighted by molar-refractivity contribution is 0.0802. The molecule has 8 heteroatoms. The van der Waals surface area contributed by atoms with E-state index in [2.05, 4.69) is 4.90 Å². The summed E-state index contributed by atoms with van der Waals surface area (Å²) >= 11 is 6.09. The zero-order valence-electron chi connectivity index (χ0n) is 19.6. The lowest BCUT2D eigenvalue weighted by Gasteiger charge is -2.35. The smallest absolute Gasteiger partial charge is 0.264 e. The average molecular weight is 518 g/mol. The summed E-state index contributed by atoms with van der Waals surface area (Å²) in [6.07, 6.45) is 3.26. The van der Waals surface area contributed by atoms with Crippen molar-refractivity contribution in [2.24, 2.45) is 5.92 Å². The molecule has 0 radical (unpaired) electrons. The second kappa shape index (κ2) is 11.2. The molecule has 1 unspecified atom stereocenters. The van der Waals surface area contributed by atoms with Crippen LogP contribution in [0.3, 0.4) is 0 Å². The molecule has 4 rings (SSSR count). The Hall–Kier alpha value is -2.32. The molecular formula is C27H29ClFNO4S. The zero-order valence-corrected chi connectivity index (χ0v) is 21.2. The molecule has 1 saturated heterocycles. The minimum absolute atomic E-state index is 0.0131.